The van der Waals surface area contributed by atoms with Crippen molar-refractivity contribution in [3.05, 3.63) is 29.8 Å². The van der Waals surface area contributed by atoms with Gasteiger partial charge in [-0.1, -0.05) is 12.1 Å². The molecule has 0 aliphatic rings. The molecule has 1 atom stereocenters. The summed E-state index contributed by atoms with van der Waals surface area (Å²) in [5.74, 6) is -0.104. The number of aliphatic hydroxyl groups excluding tert-OH is 1. The second kappa shape index (κ2) is 8.63. The molecule has 106 valence electrons. The van der Waals surface area contributed by atoms with Gasteiger partial charge in [0, 0.05) is 32.9 Å². The summed E-state index contributed by atoms with van der Waals surface area (Å²) in [4.78, 5) is 10.9. The molecule has 1 amide bonds. The molecule has 0 aromatic heterocycles. The molecule has 0 aliphatic heterocycles. The Morgan fingerprint density at radius 3 is 2.63 bits per heavy atom. The van der Waals surface area contributed by atoms with Gasteiger partial charge in [0.1, 0.15) is 0 Å². The lowest BCUT2D eigenvalue weighted by Crippen LogP contribution is -2.23. The van der Waals surface area contributed by atoms with Crippen LogP contribution in [0.25, 0.3) is 0 Å². The van der Waals surface area contributed by atoms with Gasteiger partial charge in [0.25, 0.3) is 0 Å². The van der Waals surface area contributed by atoms with Crippen LogP contribution in [0.5, 0.6) is 0 Å². The van der Waals surface area contributed by atoms with Crippen molar-refractivity contribution >= 4 is 11.6 Å². The average molecular weight is 266 g/mol. The summed E-state index contributed by atoms with van der Waals surface area (Å²) >= 11 is 0. The predicted octanol–water partition coefficient (Wildman–Crippen LogP) is 1.30. The van der Waals surface area contributed by atoms with E-state index in [2.05, 4.69) is 10.6 Å². The van der Waals surface area contributed by atoms with Gasteiger partial charge in [0.2, 0.25) is 5.91 Å². The number of anilines is 1. The highest BCUT2D eigenvalue weighted by atomic mass is 16.5. The lowest BCUT2D eigenvalue weighted by Gasteiger charge is -2.13. The van der Waals surface area contributed by atoms with E-state index in [1.165, 1.54) is 6.92 Å². The van der Waals surface area contributed by atoms with Gasteiger partial charge in [-0.2, -0.15) is 0 Å². The van der Waals surface area contributed by atoms with E-state index in [1.54, 1.807) is 19.2 Å². The Hall–Kier alpha value is -1.43. The van der Waals surface area contributed by atoms with E-state index in [0.717, 1.165) is 24.2 Å². The van der Waals surface area contributed by atoms with E-state index in [4.69, 9.17) is 4.74 Å². The topological polar surface area (TPSA) is 70.6 Å². The molecule has 0 radical (unpaired) electrons. The Morgan fingerprint density at radius 1 is 1.37 bits per heavy atom. The van der Waals surface area contributed by atoms with Gasteiger partial charge in [-0.05, 0) is 30.7 Å². The third-order valence-electron chi connectivity index (χ3n) is 2.66. The fourth-order valence-electron chi connectivity index (χ4n) is 1.69. The van der Waals surface area contributed by atoms with Gasteiger partial charge in [-0.25, -0.2) is 0 Å². The van der Waals surface area contributed by atoms with E-state index in [9.17, 15) is 9.90 Å². The summed E-state index contributed by atoms with van der Waals surface area (Å²) < 4.78 is 4.94. The van der Waals surface area contributed by atoms with Gasteiger partial charge < -0.3 is 20.5 Å². The summed E-state index contributed by atoms with van der Waals surface area (Å²) in [7, 11) is 1.67. The first-order valence-corrected chi connectivity index (χ1v) is 6.38. The fraction of sp³-hybridized carbons (Fsp3) is 0.500. The normalized spacial score (nSPS) is 12.2. The molecular weight excluding hydrogens is 244 g/mol. The molecule has 19 heavy (non-hydrogen) atoms. The molecule has 0 heterocycles. The zero-order valence-corrected chi connectivity index (χ0v) is 11.5. The molecule has 0 saturated heterocycles. The van der Waals surface area contributed by atoms with Crippen LogP contribution >= 0.6 is 0 Å². The van der Waals surface area contributed by atoms with Crippen LogP contribution in [0.4, 0.5) is 5.69 Å². The molecular formula is C14H22N2O3. The number of hydrogen-bond donors (Lipinski definition) is 3. The van der Waals surface area contributed by atoms with Gasteiger partial charge in [-0.3, -0.25) is 4.79 Å². The predicted molar refractivity (Wildman–Crippen MR) is 75.1 cm³/mol. The highest BCUT2D eigenvalue weighted by Crippen LogP contribution is 2.15. The quantitative estimate of drug-likeness (QED) is 0.620. The number of carbonyl (C=O) groups excluding carboxylic acids is 1. The molecule has 0 bridgehead atoms. The van der Waals surface area contributed by atoms with Crippen molar-refractivity contribution in [2.45, 2.75) is 19.4 Å². The summed E-state index contributed by atoms with van der Waals surface area (Å²) in [6.07, 6.45) is 0.374. The molecule has 0 aliphatic carbocycles. The van der Waals surface area contributed by atoms with Crippen LogP contribution in [0.3, 0.4) is 0 Å². The Labute approximate surface area is 114 Å². The van der Waals surface area contributed by atoms with Crippen molar-refractivity contribution in [3.63, 3.8) is 0 Å². The second-order valence-electron chi connectivity index (χ2n) is 4.37. The van der Waals surface area contributed by atoms with Crippen LogP contribution in [-0.4, -0.2) is 37.8 Å². The molecule has 0 spiro atoms. The van der Waals surface area contributed by atoms with Crippen molar-refractivity contribution in [2.75, 3.05) is 32.1 Å². The molecule has 5 heteroatoms. The first-order valence-electron chi connectivity index (χ1n) is 6.38. The highest BCUT2D eigenvalue weighted by molar-refractivity contribution is 5.88. The minimum Gasteiger partial charge on any atom is -0.387 e. The minimum absolute atomic E-state index is 0.104. The maximum Gasteiger partial charge on any atom is 0.221 e. The molecule has 0 saturated carbocycles. The number of carbonyl (C=O) groups is 1. The van der Waals surface area contributed by atoms with E-state index < -0.39 is 6.10 Å². The third kappa shape index (κ3) is 6.33. The number of nitrogens with one attached hydrogen (secondary N) is 2. The van der Waals surface area contributed by atoms with Gasteiger partial charge in [0.05, 0.1) is 6.10 Å². The Balaban J connectivity index is 2.35. The van der Waals surface area contributed by atoms with Crippen molar-refractivity contribution in [1.29, 1.82) is 0 Å². The van der Waals surface area contributed by atoms with Crippen molar-refractivity contribution in [3.8, 4) is 0 Å². The monoisotopic (exact) mass is 266 g/mol. The van der Waals surface area contributed by atoms with Crippen LogP contribution in [0.2, 0.25) is 0 Å². The number of ether oxygens (including phenoxy) is 1. The fourth-order valence-corrected chi connectivity index (χ4v) is 1.69. The van der Waals surface area contributed by atoms with E-state index in [-0.39, 0.29) is 5.91 Å². The lowest BCUT2D eigenvalue weighted by atomic mass is 10.1. The summed E-state index contributed by atoms with van der Waals surface area (Å²) in [6.45, 7) is 3.50. The zero-order chi connectivity index (χ0) is 14.1. The number of methoxy groups -OCH3 is 1. The van der Waals surface area contributed by atoms with Crippen LogP contribution in [0.15, 0.2) is 24.3 Å². The summed E-state index contributed by atoms with van der Waals surface area (Å²) in [5.41, 5.74) is 1.56. The van der Waals surface area contributed by atoms with Crippen LogP contribution < -0.4 is 10.6 Å². The molecule has 0 fully saturated rings. The van der Waals surface area contributed by atoms with Gasteiger partial charge in [0.15, 0.2) is 0 Å². The highest BCUT2D eigenvalue weighted by Gasteiger charge is 2.06. The standard InChI is InChI=1S/C14H22N2O3/c1-11(17)16-13-6-4-12(5-7-13)14(18)10-15-8-3-9-19-2/h4-7,14-15,18H,3,8-10H2,1-2H3,(H,16,17). The summed E-state index contributed by atoms with van der Waals surface area (Å²) in [5, 5.41) is 15.8. The molecule has 1 rings (SSSR count). The number of benzene rings is 1. The van der Waals surface area contributed by atoms with Crippen molar-refractivity contribution < 1.29 is 14.6 Å². The molecule has 1 unspecified atom stereocenters. The number of rotatable bonds is 8. The first kappa shape index (κ1) is 15.6. The van der Waals surface area contributed by atoms with Crippen LogP contribution in [-0.2, 0) is 9.53 Å². The van der Waals surface area contributed by atoms with Gasteiger partial charge in [-0.15, -0.1) is 0 Å². The van der Waals surface area contributed by atoms with E-state index in [1.807, 2.05) is 12.1 Å². The van der Waals surface area contributed by atoms with Crippen molar-refractivity contribution in [2.24, 2.45) is 0 Å². The maximum atomic E-state index is 10.9. The van der Waals surface area contributed by atoms with Crippen molar-refractivity contribution in [1.82, 2.24) is 5.32 Å². The maximum absolute atomic E-state index is 10.9. The first-order chi connectivity index (χ1) is 9.13. The second-order valence-corrected chi connectivity index (χ2v) is 4.37. The summed E-state index contributed by atoms with van der Waals surface area (Å²) in [6, 6.07) is 7.19. The SMILES string of the molecule is COCCCNCC(O)c1ccc(NC(C)=O)cc1. The number of amides is 1. The molecule has 1 aromatic carbocycles. The molecule has 1 aromatic rings. The third-order valence-corrected chi connectivity index (χ3v) is 2.66. The molecule has 3 N–H and O–H groups in total. The largest absolute Gasteiger partial charge is 0.387 e. The Bertz CT molecular complexity index is 379. The Morgan fingerprint density at radius 2 is 2.05 bits per heavy atom. The lowest BCUT2D eigenvalue weighted by molar-refractivity contribution is -0.114. The minimum atomic E-state index is -0.547. The number of hydrogen-bond acceptors (Lipinski definition) is 4. The van der Waals surface area contributed by atoms with Crippen LogP contribution in [0.1, 0.15) is 25.0 Å². The van der Waals surface area contributed by atoms with Crippen LogP contribution in [0, 0.1) is 0 Å². The Kier molecular flexibility index (Phi) is 7.10. The number of aliphatic hydroxyl groups is 1. The smallest absolute Gasteiger partial charge is 0.221 e. The zero-order valence-electron chi connectivity index (χ0n) is 11.5. The molecule has 5 nitrogen and oxygen atoms in total. The van der Waals surface area contributed by atoms with E-state index in [0.29, 0.717) is 13.2 Å². The van der Waals surface area contributed by atoms with E-state index >= 15 is 0 Å². The average Bonchev–Trinajstić information content (AvgIpc) is 2.38. The van der Waals surface area contributed by atoms with Gasteiger partial charge >= 0.3 is 0 Å².